The van der Waals surface area contributed by atoms with Gasteiger partial charge in [0.25, 0.3) is 0 Å². The largest absolute Gasteiger partial charge is 0.496 e. The van der Waals surface area contributed by atoms with E-state index in [-0.39, 0.29) is 0 Å². The molecule has 3 rings (SSSR count). The van der Waals surface area contributed by atoms with Gasteiger partial charge in [0.2, 0.25) is 0 Å². The molecule has 2 aliphatic heterocycles. The zero-order valence-corrected chi connectivity index (χ0v) is 15.1. The molecule has 1 atom stereocenters. The van der Waals surface area contributed by atoms with Crippen LogP contribution in [-0.4, -0.2) is 30.3 Å². The first-order chi connectivity index (χ1) is 10.6. The van der Waals surface area contributed by atoms with Crippen molar-refractivity contribution in [3.63, 3.8) is 0 Å². The molecule has 0 N–H and O–H groups in total. The van der Waals surface area contributed by atoms with E-state index in [0.717, 1.165) is 37.1 Å². The second-order valence-corrected chi connectivity index (χ2v) is 8.08. The highest BCUT2D eigenvalue weighted by atomic mass is 32.2. The van der Waals surface area contributed by atoms with Crippen molar-refractivity contribution in [3.05, 3.63) is 39.3 Å². The summed E-state index contributed by atoms with van der Waals surface area (Å²) in [7, 11) is 1.76. The molecule has 22 heavy (non-hydrogen) atoms. The van der Waals surface area contributed by atoms with Gasteiger partial charge in [-0.3, -0.25) is 4.90 Å². The van der Waals surface area contributed by atoms with E-state index >= 15 is 0 Å². The molecule has 0 spiro atoms. The number of hydrogen-bond donors (Lipinski definition) is 0. The van der Waals surface area contributed by atoms with E-state index in [4.69, 9.17) is 4.74 Å². The lowest BCUT2D eigenvalue weighted by Crippen LogP contribution is -2.32. The van der Waals surface area contributed by atoms with E-state index in [0.29, 0.717) is 0 Å². The van der Waals surface area contributed by atoms with Crippen LogP contribution in [0, 0.1) is 6.92 Å². The van der Waals surface area contributed by atoms with Gasteiger partial charge in [-0.25, -0.2) is 0 Å². The van der Waals surface area contributed by atoms with Gasteiger partial charge in [-0.15, -0.1) is 11.8 Å². The molecule has 0 aliphatic carbocycles. The molecule has 0 fully saturated rings. The van der Waals surface area contributed by atoms with Gasteiger partial charge < -0.3 is 4.74 Å². The predicted octanol–water partition coefficient (Wildman–Crippen LogP) is 4.55. The summed E-state index contributed by atoms with van der Waals surface area (Å²) in [5, 5.41) is 0.818. The molecule has 3 heteroatoms. The van der Waals surface area contributed by atoms with Gasteiger partial charge in [0.1, 0.15) is 5.75 Å². The minimum absolute atomic E-state index is 0.818. The lowest BCUT2D eigenvalue weighted by Gasteiger charge is -2.30. The van der Waals surface area contributed by atoms with Gasteiger partial charge in [0.05, 0.1) is 7.11 Å². The van der Waals surface area contributed by atoms with Crippen LogP contribution in [0.15, 0.2) is 22.6 Å². The van der Waals surface area contributed by atoms with E-state index in [1.807, 2.05) is 0 Å². The smallest absolute Gasteiger partial charge is 0.122 e. The Labute approximate surface area is 138 Å². The Hall–Kier alpha value is -0.930. The SMILES string of the molecule is CCC1CC(CN2CCc3cc(OC)c(C)cc3C2)=C(C)S1. The molecule has 0 saturated heterocycles. The molecule has 0 bridgehead atoms. The molecule has 2 aliphatic rings. The molecule has 120 valence electrons. The summed E-state index contributed by atoms with van der Waals surface area (Å²) in [5.41, 5.74) is 5.88. The molecular weight excluding hydrogens is 290 g/mol. The van der Waals surface area contributed by atoms with Crippen LogP contribution >= 0.6 is 11.8 Å². The van der Waals surface area contributed by atoms with Gasteiger partial charge in [-0.05, 0) is 66.3 Å². The number of methoxy groups -OCH3 is 1. The summed E-state index contributed by atoms with van der Waals surface area (Å²) in [6, 6.07) is 4.56. The van der Waals surface area contributed by atoms with Crippen LogP contribution in [0.1, 0.15) is 43.4 Å². The third kappa shape index (κ3) is 3.21. The number of thioether (sulfide) groups is 1. The fourth-order valence-corrected chi connectivity index (χ4v) is 4.86. The number of aryl methyl sites for hydroxylation is 1. The molecule has 2 nitrogen and oxygen atoms in total. The van der Waals surface area contributed by atoms with Crippen LogP contribution in [0.5, 0.6) is 5.75 Å². The Bertz CT molecular complexity index is 593. The van der Waals surface area contributed by atoms with Crippen LogP contribution in [0.3, 0.4) is 0 Å². The fraction of sp³-hybridized carbons (Fsp3) is 0.579. The van der Waals surface area contributed by atoms with Gasteiger partial charge in [0.15, 0.2) is 0 Å². The Balaban J connectivity index is 1.70. The average molecular weight is 317 g/mol. The normalized spacial score (nSPS) is 22.1. The maximum Gasteiger partial charge on any atom is 0.122 e. The maximum atomic E-state index is 5.46. The van der Waals surface area contributed by atoms with Crippen LogP contribution in [-0.2, 0) is 13.0 Å². The fourth-order valence-electron chi connectivity index (χ4n) is 3.59. The van der Waals surface area contributed by atoms with Gasteiger partial charge in [-0.2, -0.15) is 0 Å². The first-order valence-electron chi connectivity index (χ1n) is 8.34. The Morgan fingerprint density at radius 2 is 2.09 bits per heavy atom. The summed E-state index contributed by atoms with van der Waals surface area (Å²) in [6.45, 7) is 10.2. The van der Waals surface area contributed by atoms with Gasteiger partial charge in [-0.1, -0.05) is 13.0 Å². The third-order valence-electron chi connectivity index (χ3n) is 4.99. The number of nitrogens with zero attached hydrogens (tertiary/aromatic N) is 1. The molecule has 1 unspecified atom stereocenters. The predicted molar refractivity (Wildman–Crippen MR) is 95.7 cm³/mol. The zero-order valence-electron chi connectivity index (χ0n) is 14.2. The van der Waals surface area contributed by atoms with Crippen molar-refractivity contribution in [3.8, 4) is 5.75 Å². The van der Waals surface area contributed by atoms with Crippen molar-refractivity contribution >= 4 is 11.8 Å². The van der Waals surface area contributed by atoms with Gasteiger partial charge in [0, 0.05) is 24.9 Å². The minimum atomic E-state index is 0.818. The number of benzene rings is 1. The first-order valence-corrected chi connectivity index (χ1v) is 9.22. The second kappa shape index (κ2) is 6.67. The molecule has 0 amide bonds. The van der Waals surface area contributed by atoms with Crippen molar-refractivity contribution in [2.75, 3.05) is 20.2 Å². The third-order valence-corrected chi connectivity index (χ3v) is 6.47. The summed E-state index contributed by atoms with van der Waals surface area (Å²) in [5.74, 6) is 1.03. The van der Waals surface area contributed by atoms with E-state index in [1.165, 1.54) is 29.5 Å². The molecule has 0 radical (unpaired) electrons. The standard InChI is InChI=1S/C19H27NOS/c1-5-18-9-16(14(3)22-18)11-20-7-6-15-10-19(21-4)13(2)8-17(15)12-20/h8,10,18H,5-7,9,11-12H2,1-4H3. The molecular formula is C19H27NOS. The maximum absolute atomic E-state index is 5.46. The molecule has 1 aromatic rings. The summed E-state index contributed by atoms with van der Waals surface area (Å²) >= 11 is 2.09. The topological polar surface area (TPSA) is 12.5 Å². The Morgan fingerprint density at radius 1 is 1.27 bits per heavy atom. The highest BCUT2D eigenvalue weighted by Gasteiger charge is 2.24. The number of rotatable bonds is 4. The number of fused-ring (bicyclic) bond motifs is 1. The Kier molecular flexibility index (Phi) is 4.84. The van der Waals surface area contributed by atoms with Crippen molar-refractivity contribution in [2.45, 2.75) is 51.8 Å². The summed E-state index contributed by atoms with van der Waals surface area (Å²) < 4.78 is 5.46. The lowest BCUT2D eigenvalue weighted by molar-refractivity contribution is 0.272. The van der Waals surface area contributed by atoms with E-state index in [2.05, 4.69) is 49.6 Å². The Morgan fingerprint density at radius 3 is 2.77 bits per heavy atom. The highest BCUT2D eigenvalue weighted by Crippen LogP contribution is 2.39. The summed E-state index contributed by atoms with van der Waals surface area (Å²) in [6.07, 6.45) is 3.72. The molecule has 0 aromatic heterocycles. The van der Waals surface area contributed by atoms with Crippen molar-refractivity contribution < 1.29 is 4.74 Å². The molecule has 0 saturated carbocycles. The first kappa shape index (κ1) is 15.9. The second-order valence-electron chi connectivity index (χ2n) is 6.56. The molecule has 2 heterocycles. The molecule has 1 aromatic carbocycles. The monoisotopic (exact) mass is 317 g/mol. The van der Waals surface area contributed by atoms with Crippen LogP contribution in [0.25, 0.3) is 0 Å². The van der Waals surface area contributed by atoms with Crippen LogP contribution < -0.4 is 4.74 Å². The number of ether oxygens (including phenoxy) is 1. The summed E-state index contributed by atoms with van der Waals surface area (Å²) in [4.78, 5) is 4.19. The van der Waals surface area contributed by atoms with Crippen molar-refractivity contribution in [1.82, 2.24) is 4.90 Å². The van der Waals surface area contributed by atoms with Crippen molar-refractivity contribution in [1.29, 1.82) is 0 Å². The quantitative estimate of drug-likeness (QED) is 0.808. The van der Waals surface area contributed by atoms with E-state index in [9.17, 15) is 0 Å². The average Bonchev–Trinajstić information content (AvgIpc) is 2.87. The number of allylic oxidation sites excluding steroid dienone is 1. The van der Waals surface area contributed by atoms with Crippen molar-refractivity contribution in [2.24, 2.45) is 0 Å². The highest BCUT2D eigenvalue weighted by molar-refractivity contribution is 8.03. The van der Waals surface area contributed by atoms with Gasteiger partial charge >= 0.3 is 0 Å². The lowest BCUT2D eigenvalue weighted by atomic mass is 9.96. The zero-order chi connectivity index (χ0) is 15.7. The van der Waals surface area contributed by atoms with E-state index in [1.54, 1.807) is 17.6 Å². The number of hydrogen-bond acceptors (Lipinski definition) is 3. The van der Waals surface area contributed by atoms with Crippen LogP contribution in [0.4, 0.5) is 0 Å². The minimum Gasteiger partial charge on any atom is -0.496 e. The van der Waals surface area contributed by atoms with Crippen LogP contribution in [0.2, 0.25) is 0 Å². The van der Waals surface area contributed by atoms with E-state index < -0.39 is 0 Å².